The van der Waals surface area contributed by atoms with Crippen LogP contribution in [-0.2, 0) is 0 Å². The molecule has 0 saturated heterocycles. The SMILES string of the molecule is CC1CC1c1ccc(C#N)c(Cl)n1. The number of rotatable bonds is 1. The molecule has 3 heteroatoms. The number of pyridine rings is 1. The van der Waals surface area contributed by atoms with E-state index in [2.05, 4.69) is 11.9 Å². The van der Waals surface area contributed by atoms with Crippen LogP contribution in [0.5, 0.6) is 0 Å². The summed E-state index contributed by atoms with van der Waals surface area (Å²) in [5.74, 6) is 1.28. The summed E-state index contributed by atoms with van der Waals surface area (Å²) in [6.45, 7) is 2.19. The van der Waals surface area contributed by atoms with Gasteiger partial charge < -0.3 is 0 Å². The Kier molecular flexibility index (Phi) is 1.97. The molecular weight excluding hydrogens is 184 g/mol. The van der Waals surface area contributed by atoms with Crippen molar-refractivity contribution in [2.75, 3.05) is 0 Å². The molecule has 1 aliphatic rings. The summed E-state index contributed by atoms with van der Waals surface area (Å²) >= 11 is 5.82. The van der Waals surface area contributed by atoms with E-state index in [-0.39, 0.29) is 0 Å². The number of hydrogen-bond acceptors (Lipinski definition) is 2. The molecule has 2 unspecified atom stereocenters. The molecule has 1 heterocycles. The highest BCUT2D eigenvalue weighted by Crippen LogP contribution is 2.46. The van der Waals surface area contributed by atoms with Crippen molar-refractivity contribution in [1.29, 1.82) is 5.26 Å². The van der Waals surface area contributed by atoms with Crippen molar-refractivity contribution in [1.82, 2.24) is 4.98 Å². The van der Waals surface area contributed by atoms with Gasteiger partial charge in [0.25, 0.3) is 0 Å². The Labute approximate surface area is 82.2 Å². The van der Waals surface area contributed by atoms with Gasteiger partial charge in [-0.1, -0.05) is 18.5 Å². The first-order valence-electron chi connectivity index (χ1n) is 4.29. The third-order valence-electron chi connectivity index (χ3n) is 2.48. The molecule has 1 aromatic heterocycles. The van der Waals surface area contributed by atoms with Gasteiger partial charge in [-0.15, -0.1) is 0 Å². The second kappa shape index (κ2) is 3.01. The highest BCUT2D eigenvalue weighted by atomic mass is 35.5. The summed E-state index contributed by atoms with van der Waals surface area (Å²) in [5, 5.41) is 8.97. The van der Waals surface area contributed by atoms with Crippen molar-refractivity contribution in [3.8, 4) is 6.07 Å². The van der Waals surface area contributed by atoms with E-state index in [4.69, 9.17) is 16.9 Å². The summed E-state index contributed by atoms with van der Waals surface area (Å²) < 4.78 is 0. The summed E-state index contributed by atoms with van der Waals surface area (Å²) in [5.41, 5.74) is 1.48. The van der Waals surface area contributed by atoms with Crippen LogP contribution in [0.15, 0.2) is 12.1 Å². The highest BCUT2D eigenvalue weighted by Gasteiger charge is 2.35. The molecule has 0 amide bonds. The fourth-order valence-electron chi connectivity index (χ4n) is 1.47. The first-order valence-corrected chi connectivity index (χ1v) is 4.66. The lowest BCUT2D eigenvalue weighted by molar-refractivity contribution is 0.885. The van der Waals surface area contributed by atoms with Crippen LogP contribution in [0.25, 0.3) is 0 Å². The van der Waals surface area contributed by atoms with Crippen LogP contribution in [-0.4, -0.2) is 4.98 Å². The molecule has 0 spiro atoms. The molecule has 2 nitrogen and oxygen atoms in total. The smallest absolute Gasteiger partial charge is 0.147 e. The first kappa shape index (κ1) is 8.52. The molecule has 0 aromatic carbocycles. The largest absolute Gasteiger partial charge is 0.239 e. The van der Waals surface area contributed by atoms with E-state index in [0.29, 0.717) is 16.6 Å². The molecule has 1 fully saturated rings. The van der Waals surface area contributed by atoms with Gasteiger partial charge in [-0.05, 0) is 24.5 Å². The molecule has 1 aromatic rings. The summed E-state index contributed by atoms with van der Waals surface area (Å²) in [7, 11) is 0. The van der Waals surface area contributed by atoms with Gasteiger partial charge in [0.1, 0.15) is 11.2 Å². The average molecular weight is 193 g/mol. The van der Waals surface area contributed by atoms with Gasteiger partial charge in [0.15, 0.2) is 0 Å². The van der Waals surface area contributed by atoms with Crippen LogP contribution < -0.4 is 0 Å². The van der Waals surface area contributed by atoms with Crippen molar-refractivity contribution < 1.29 is 0 Å². The highest BCUT2D eigenvalue weighted by molar-refractivity contribution is 6.30. The molecule has 0 aliphatic heterocycles. The van der Waals surface area contributed by atoms with E-state index in [1.54, 1.807) is 6.07 Å². The van der Waals surface area contributed by atoms with Gasteiger partial charge >= 0.3 is 0 Å². The fraction of sp³-hybridized carbons (Fsp3) is 0.400. The molecule has 0 bridgehead atoms. The maximum atomic E-state index is 8.64. The lowest BCUT2D eigenvalue weighted by atomic mass is 10.2. The quantitative estimate of drug-likeness (QED) is 0.642. The van der Waals surface area contributed by atoms with Gasteiger partial charge in [-0.2, -0.15) is 5.26 Å². The number of halogens is 1. The Balaban J connectivity index is 2.32. The maximum Gasteiger partial charge on any atom is 0.147 e. The van der Waals surface area contributed by atoms with Crippen LogP contribution in [0.4, 0.5) is 0 Å². The molecule has 0 radical (unpaired) electrons. The standard InChI is InChI=1S/C10H9ClN2/c1-6-4-8(6)9-3-2-7(5-12)10(11)13-9/h2-3,6,8H,4H2,1H3. The topological polar surface area (TPSA) is 36.7 Å². The first-order chi connectivity index (χ1) is 6.22. The Bertz CT molecular complexity index is 381. The molecule has 1 aliphatic carbocycles. The molecule has 0 N–H and O–H groups in total. The van der Waals surface area contributed by atoms with Crippen molar-refractivity contribution in [3.05, 3.63) is 28.5 Å². The molecule has 2 atom stereocenters. The minimum Gasteiger partial charge on any atom is -0.239 e. The number of aromatic nitrogens is 1. The third-order valence-corrected chi connectivity index (χ3v) is 2.77. The van der Waals surface area contributed by atoms with Crippen LogP contribution in [0.1, 0.15) is 30.5 Å². The Morgan fingerprint density at radius 2 is 2.31 bits per heavy atom. The second-order valence-electron chi connectivity index (χ2n) is 3.51. The van der Waals surface area contributed by atoms with E-state index >= 15 is 0 Å². The predicted molar refractivity (Wildman–Crippen MR) is 50.5 cm³/mol. The number of nitrogens with zero attached hydrogens (tertiary/aromatic N) is 2. The Morgan fingerprint density at radius 1 is 1.62 bits per heavy atom. The summed E-state index contributed by atoms with van der Waals surface area (Å²) in [6.07, 6.45) is 1.19. The monoisotopic (exact) mass is 192 g/mol. The third kappa shape index (κ3) is 1.52. The maximum absolute atomic E-state index is 8.64. The average Bonchev–Trinajstić information content (AvgIpc) is 2.82. The molecule has 1 saturated carbocycles. The lowest BCUT2D eigenvalue weighted by Crippen LogP contribution is -1.90. The van der Waals surface area contributed by atoms with E-state index < -0.39 is 0 Å². The summed E-state index contributed by atoms with van der Waals surface area (Å²) in [6, 6.07) is 5.65. The van der Waals surface area contributed by atoms with E-state index in [1.165, 1.54) is 6.42 Å². The van der Waals surface area contributed by atoms with Crippen LogP contribution in [0.2, 0.25) is 5.15 Å². The zero-order valence-corrected chi connectivity index (χ0v) is 8.04. The van der Waals surface area contributed by atoms with Crippen LogP contribution in [0.3, 0.4) is 0 Å². The normalized spacial score (nSPS) is 25.3. The van der Waals surface area contributed by atoms with E-state index in [9.17, 15) is 0 Å². The lowest BCUT2D eigenvalue weighted by Gasteiger charge is -1.99. The van der Waals surface area contributed by atoms with Gasteiger partial charge in [0.05, 0.1) is 5.56 Å². The van der Waals surface area contributed by atoms with Crippen molar-refractivity contribution in [3.63, 3.8) is 0 Å². The second-order valence-corrected chi connectivity index (χ2v) is 3.86. The molecule has 66 valence electrons. The molecular formula is C10H9ClN2. The minimum absolute atomic E-state index is 0.333. The number of hydrogen-bond donors (Lipinski definition) is 0. The van der Waals surface area contributed by atoms with Crippen molar-refractivity contribution in [2.24, 2.45) is 5.92 Å². The number of nitriles is 1. The van der Waals surface area contributed by atoms with Crippen LogP contribution >= 0.6 is 11.6 Å². The van der Waals surface area contributed by atoms with Gasteiger partial charge in [0.2, 0.25) is 0 Å². The molecule has 2 rings (SSSR count). The zero-order valence-electron chi connectivity index (χ0n) is 7.29. The predicted octanol–water partition coefficient (Wildman–Crippen LogP) is 2.73. The molecule has 13 heavy (non-hydrogen) atoms. The minimum atomic E-state index is 0.333. The van der Waals surface area contributed by atoms with E-state index in [0.717, 1.165) is 11.6 Å². The van der Waals surface area contributed by atoms with Gasteiger partial charge in [0, 0.05) is 11.6 Å². The summed E-state index contributed by atoms with van der Waals surface area (Å²) in [4.78, 5) is 4.20. The van der Waals surface area contributed by atoms with Gasteiger partial charge in [-0.25, -0.2) is 4.98 Å². The fourth-order valence-corrected chi connectivity index (χ4v) is 1.68. The van der Waals surface area contributed by atoms with Crippen LogP contribution in [0, 0.1) is 17.2 Å². The zero-order chi connectivity index (χ0) is 9.42. The van der Waals surface area contributed by atoms with Gasteiger partial charge in [-0.3, -0.25) is 0 Å². The van der Waals surface area contributed by atoms with Crippen molar-refractivity contribution in [2.45, 2.75) is 19.3 Å². The van der Waals surface area contributed by atoms with Crippen molar-refractivity contribution >= 4 is 11.6 Å². The van der Waals surface area contributed by atoms with E-state index in [1.807, 2.05) is 12.1 Å². The Hall–Kier alpha value is -1.07. The Morgan fingerprint density at radius 3 is 2.77 bits per heavy atom.